The maximum atomic E-state index is 11.9. The lowest BCUT2D eigenvalue weighted by Gasteiger charge is -2.03. The van der Waals surface area contributed by atoms with Gasteiger partial charge in [-0.25, -0.2) is 0 Å². The summed E-state index contributed by atoms with van der Waals surface area (Å²) in [7, 11) is 1.77. The summed E-state index contributed by atoms with van der Waals surface area (Å²) in [6, 6.07) is 4.12. The van der Waals surface area contributed by atoms with E-state index in [0.717, 1.165) is 10.6 Å². The molecule has 2 aromatic heterocycles. The topological polar surface area (TPSA) is 87.1 Å². The van der Waals surface area contributed by atoms with Crippen molar-refractivity contribution in [1.29, 1.82) is 0 Å². The molecule has 0 saturated heterocycles. The summed E-state index contributed by atoms with van der Waals surface area (Å²) >= 11 is 0. The van der Waals surface area contributed by atoms with Gasteiger partial charge in [0.2, 0.25) is 0 Å². The summed E-state index contributed by atoms with van der Waals surface area (Å²) in [5.74, 6) is -0.275. The first kappa shape index (κ1) is 12.7. The third-order valence-corrected chi connectivity index (χ3v) is 2.66. The van der Waals surface area contributed by atoms with Crippen LogP contribution < -0.4 is 5.56 Å². The Morgan fingerprint density at radius 2 is 2.11 bits per heavy atom. The summed E-state index contributed by atoms with van der Waals surface area (Å²) in [6.45, 7) is -0.218. The van der Waals surface area contributed by atoms with Gasteiger partial charge >= 0.3 is 11.2 Å². The van der Waals surface area contributed by atoms with Crippen LogP contribution in [0.1, 0.15) is 10.4 Å². The molecule has 0 aliphatic heterocycles. The van der Waals surface area contributed by atoms with Crippen LogP contribution in [0.3, 0.4) is 0 Å². The van der Waals surface area contributed by atoms with Gasteiger partial charge in [-0.15, -0.1) is 0 Å². The molecule has 0 amide bonds. The molecule has 19 heavy (non-hydrogen) atoms. The molecule has 0 spiro atoms. The second-order valence-electron chi connectivity index (χ2n) is 4.07. The highest BCUT2D eigenvalue weighted by atomic mass is 16.6. The molecule has 0 fully saturated rings. The average molecular weight is 261 g/mol. The Labute approximate surface area is 107 Å². The van der Waals surface area contributed by atoms with Gasteiger partial charge in [-0.2, -0.15) is 0 Å². The van der Waals surface area contributed by atoms with Crippen LogP contribution in [0, 0.1) is 10.1 Å². The maximum Gasteiger partial charge on any atom is 0.334 e. The number of nitrogens with zero attached hydrogens (tertiary/aromatic N) is 3. The minimum Gasteiger partial charge on any atom is -0.357 e. The van der Waals surface area contributed by atoms with Crippen molar-refractivity contribution in [3.8, 4) is 0 Å². The predicted molar refractivity (Wildman–Crippen MR) is 67.1 cm³/mol. The van der Waals surface area contributed by atoms with Crippen LogP contribution in [-0.4, -0.2) is 19.8 Å². The van der Waals surface area contributed by atoms with Gasteiger partial charge in [0.05, 0.1) is 11.5 Å². The van der Waals surface area contributed by atoms with Crippen LogP contribution in [0.2, 0.25) is 0 Å². The zero-order valence-corrected chi connectivity index (χ0v) is 10.1. The number of rotatable bonds is 4. The fourth-order valence-electron chi connectivity index (χ4n) is 1.70. The Morgan fingerprint density at radius 1 is 1.37 bits per heavy atom. The van der Waals surface area contributed by atoms with E-state index in [0.29, 0.717) is 5.56 Å². The van der Waals surface area contributed by atoms with Gasteiger partial charge in [-0.1, -0.05) is 0 Å². The van der Waals surface area contributed by atoms with Gasteiger partial charge in [-0.05, 0) is 12.1 Å². The van der Waals surface area contributed by atoms with Crippen molar-refractivity contribution in [2.24, 2.45) is 7.05 Å². The monoisotopic (exact) mass is 261 g/mol. The average Bonchev–Trinajstić information content (AvgIpc) is 2.78. The van der Waals surface area contributed by atoms with Crippen molar-refractivity contribution in [3.05, 3.63) is 62.8 Å². The first-order valence-corrected chi connectivity index (χ1v) is 5.48. The van der Waals surface area contributed by atoms with Crippen LogP contribution in [0.15, 0.2) is 41.6 Å². The normalized spacial score (nSPS) is 10.4. The van der Waals surface area contributed by atoms with E-state index in [2.05, 4.69) is 0 Å². The summed E-state index contributed by atoms with van der Waals surface area (Å²) in [6.07, 6.45) is 4.70. The third kappa shape index (κ3) is 2.59. The van der Waals surface area contributed by atoms with Gasteiger partial charge in [0.25, 0.3) is 0 Å². The molecule has 0 aromatic carbocycles. The molecule has 0 atom stereocenters. The number of ketones is 1. The molecule has 2 heterocycles. The first-order valence-electron chi connectivity index (χ1n) is 5.48. The number of aryl methyl sites for hydroxylation is 1. The summed E-state index contributed by atoms with van der Waals surface area (Å²) in [5.41, 5.74) is -0.860. The standard InChI is InChI=1S/C12H11N3O4/c1-13-6-4-9(7-13)11(16)8-14-5-2-3-10(12(14)17)15(18)19/h2-7H,8H2,1H3. The van der Waals surface area contributed by atoms with Gasteiger partial charge in [0.15, 0.2) is 5.78 Å². The lowest BCUT2D eigenvalue weighted by Crippen LogP contribution is -2.25. The molecule has 7 nitrogen and oxygen atoms in total. The number of carbonyl (C=O) groups is 1. The molecule has 98 valence electrons. The Hall–Kier alpha value is -2.70. The van der Waals surface area contributed by atoms with Crippen molar-refractivity contribution < 1.29 is 9.72 Å². The van der Waals surface area contributed by atoms with E-state index in [-0.39, 0.29) is 12.3 Å². The Morgan fingerprint density at radius 3 is 2.68 bits per heavy atom. The lowest BCUT2D eigenvalue weighted by atomic mass is 10.2. The summed E-state index contributed by atoms with van der Waals surface area (Å²) < 4.78 is 2.75. The predicted octanol–water partition coefficient (Wildman–Crippen LogP) is 0.978. The minimum absolute atomic E-state index is 0.218. The second-order valence-corrected chi connectivity index (χ2v) is 4.07. The Kier molecular flexibility index (Phi) is 3.28. The van der Waals surface area contributed by atoms with E-state index in [9.17, 15) is 19.7 Å². The summed E-state index contributed by atoms with van der Waals surface area (Å²) in [5, 5.41) is 10.6. The molecule has 0 N–H and O–H groups in total. The number of pyridine rings is 1. The molecule has 2 aromatic rings. The zero-order valence-electron chi connectivity index (χ0n) is 10.1. The van der Waals surface area contributed by atoms with Crippen LogP contribution in [-0.2, 0) is 13.6 Å². The van der Waals surface area contributed by atoms with Crippen molar-refractivity contribution in [1.82, 2.24) is 9.13 Å². The van der Waals surface area contributed by atoms with Crippen molar-refractivity contribution in [3.63, 3.8) is 0 Å². The fraction of sp³-hybridized carbons (Fsp3) is 0.167. The highest BCUT2D eigenvalue weighted by Crippen LogP contribution is 2.05. The lowest BCUT2D eigenvalue weighted by molar-refractivity contribution is -0.386. The first-order chi connectivity index (χ1) is 8.99. The van der Waals surface area contributed by atoms with Gasteiger partial charge in [-0.3, -0.25) is 19.7 Å². The van der Waals surface area contributed by atoms with E-state index in [1.807, 2.05) is 0 Å². The quantitative estimate of drug-likeness (QED) is 0.466. The third-order valence-electron chi connectivity index (χ3n) is 2.66. The Bertz CT molecular complexity index is 699. The molecule has 0 aliphatic rings. The molecule has 0 saturated carbocycles. The van der Waals surface area contributed by atoms with Gasteiger partial charge in [0.1, 0.15) is 0 Å². The number of nitro groups is 1. The number of aromatic nitrogens is 2. The number of Topliss-reactive ketones (excluding diaryl/α,β-unsaturated/α-hetero) is 1. The molecule has 2 rings (SSSR count). The van der Waals surface area contributed by atoms with Crippen molar-refractivity contribution in [2.75, 3.05) is 0 Å². The Balaban J connectivity index is 2.29. The molecule has 0 radical (unpaired) electrons. The zero-order chi connectivity index (χ0) is 14.0. The highest BCUT2D eigenvalue weighted by Gasteiger charge is 2.16. The van der Waals surface area contributed by atoms with E-state index >= 15 is 0 Å². The number of carbonyl (C=O) groups excluding carboxylic acids is 1. The van der Waals surface area contributed by atoms with Crippen LogP contribution in [0.4, 0.5) is 5.69 Å². The van der Waals surface area contributed by atoms with E-state index in [4.69, 9.17) is 0 Å². The highest BCUT2D eigenvalue weighted by molar-refractivity contribution is 5.95. The van der Waals surface area contributed by atoms with E-state index < -0.39 is 16.2 Å². The molecule has 0 aliphatic carbocycles. The largest absolute Gasteiger partial charge is 0.357 e. The van der Waals surface area contributed by atoms with E-state index in [1.165, 1.54) is 12.3 Å². The fourth-order valence-corrected chi connectivity index (χ4v) is 1.70. The SMILES string of the molecule is Cn1ccc(C(=O)Cn2cccc([N+](=O)[O-])c2=O)c1. The van der Waals surface area contributed by atoms with Crippen LogP contribution in [0.25, 0.3) is 0 Å². The van der Waals surface area contributed by atoms with Crippen LogP contribution >= 0.6 is 0 Å². The second kappa shape index (κ2) is 4.89. The van der Waals surface area contributed by atoms with Crippen molar-refractivity contribution in [2.45, 2.75) is 6.54 Å². The summed E-state index contributed by atoms with van der Waals surface area (Å²) in [4.78, 5) is 33.5. The van der Waals surface area contributed by atoms with Gasteiger partial charge in [0, 0.05) is 37.3 Å². The number of hydrogen-bond acceptors (Lipinski definition) is 4. The van der Waals surface area contributed by atoms with Crippen molar-refractivity contribution >= 4 is 11.5 Å². The molecule has 0 unspecified atom stereocenters. The molecular weight excluding hydrogens is 250 g/mol. The molecular formula is C12H11N3O4. The number of hydrogen-bond donors (Lipinski definition) is 0. The molecule has 7 heteroatoms. The molecule has 0 bridgehead atoms. The minimum atomic E-state index is -0.781. The van der Waals surface area contributed by atoms with E-state index in [1.54, 1.807) is 30.1 Å². The van der Waals surface area contributed by atoms with Gasteiger partial charge < -0.3 is 9.13 Å². The smallest absolute Gasteiger partial charge is 0.334 e. The maximum absolute atomic E-state index is 11.9. The van der Waals surface area contributed by atoms with Crippen LogP contribution in [0.5, 0.6) is 0 Å².